The van der Waals surface area contributed by atoms with E-state index in [1.54, 1.807) is 6.20 Å². The molecule has 1 aliphatic heterocycles. The summed E-state index contributed by atoms with van der Waals surface area (Å²) in [6.07, 6.45) is 11.7. The number of aliphatic imine (C=N–C) groups is 1. The van der Waals surface area contributed by atoms with Gasteiger partial charge in [-0.25, -0.2) is 4.99 Å². The molecule has 0 atom stereocenters. The van der Waals surface area contributed by atoms with Crippen LogP contribution in [0.1, 0.15) is 55.5 Å². The first-order valence-electron chi connectivity index (χ1n) is 12.4. The van der Waals surface area contributed by atoms with Crippen LogP contribution in [0, 0.1) is 0 Å². The molecule has 35 heavy (non-hydrogen) atoms. The number of unbranched alkanes of at least 4 members (excludes halogenated alkanes) is 1. The number of amidine groups is 1. The number of carbonyl (C=O) groups excluding carboxylic acids is 1. The van der Waals surface area contributed by atoms with Crippen LogP contribution in [0.4, 0.5) is 5.69 Å². The number of carbonyl (C=O) groups is 1. The van der Waals surface area contributed by atoms with E-state index in [4.69, 9.17) is 4.99 Å². The van der Waals surface area contributed by atoms with Crippen molar-refractivity contribution in [3.05, 3.63) is 78.0 Å². The Morgan fingerprint density at radius 3 is 2.80 bits per heavy atom. The molecule has 1 aromatic heterocycles. The highest BCUT2D eigenvalue weighted by molar-refractivity contribution is 6.07. The zero-order chi connectivity index (χ0) is 24.5. The van der Waals surface area contributed by atoms with Gasteiger partial charge in [-0.3, -0.25) is 9.89 Å². The van der Waals surface area contributed by atoms with E-state index in [9.17, 15) is 4.79 Å². The Bertz CT molecular complexity index is 1230. The minimum absolute atomic E-state index is 0.0298. The molecule has 1 saturated heterocycles. The fraction of sp³-hybridized carbons (Fsp3) is 0.321. The van der Waals surface area contributed by atoms with Crippen LogP contribution >= 0.6 is 0 Å². The Morgan fingerprint density at radius 2 is 2.00 bits per heavy atom. The molecular weight excluding hydrogens is 436 g/mol. The zero-order valence-corrected chi connectivity index (χ0v) is 20.5. The standard InChI is InChI=1S/C28H34N6O/c1-3-5-10-25(20-8-6-9-21(17-20)28(35)32-23-13-15-29-16-14-23)33-27(7-4-2)31-24-11-12-26-22(18-24)19-30-34-26/h4,6-12,17-19,23,29H,3,5,13-16H2,1-2H3,(H,30,34)(H,31,33)(H,32,35)/b7-4-,25-10?. The second-order valence-corrected chi connectivity index (χ2v) is 8.75. The van der Waals surface area contributed by atoms with Gasteiger partial charge in [0.05, 0.1) is 17.4 Å². The maximum absolute atomic E-state index is 12.9. The molecule has 0 spiro atoms. The van der Waals surface area contributed by atoms with Crippen molar-refractivity contribution in [1.29, 1.82) is 0 Å². The molecular formula is C28H34N6O. The molecule has 7 nitrogen and oxygen atoms in total. The van der Waals surface area contributed by atoms with E-state index in [2.05, 4.69) is 39.1 Å². The largest absolute Gasteiger partial charge is 0.349 e. The van der Waals surface area contributed by atoms with Gasteiger partial charge in [-0.15, -0.1) is 0 Å². The van der Waals surface area contributed by atoms with Crippen molar-refractivity contribution in [1.82, 2.24) is 20.8 Å². The Morgan fingerprint density at radius 1 is 1.17 bits per heavy atom. The highest BCUT2D eigenvalue weighted by atomic mass is 16.1. The Kier molecular flexibility index (Phi) is 8.46. The van der Waals surface area contributed by atoms with E-state index >= 15 is 0 Å². The molecule has 1 amide bonds. The number of H-pyrrole nitrogens is 1. The van der Waals surface area contributed by atoms with Crippen molar-refractivity contribution in [3.63, 3.8) is 0 Å². The monoisotopic (exact) mass is 470 g/mol. The van der Waals surface area contributed by atoms with Crippen molar-refractivity contribution in [2.45, 2.75) is 45.6 Å². The van der Waals surface area contributed by atoms with Gasteiger partial charge in [0, 0.05) is 28.2 Å². The predicted molar refractivity (Wildman–Crippen MR) is 145 cm³/mol. The number of hydrogen-bond donors (Lipinski definition) is 4. The second kappa shape index (κ2) is 12.1. The van der Waals surface area contributed by atoms with Crippen molar-refractivity contribution < 1.29 is 4.79 Å². The number of rotatable bonds is 8. The molecule has 4 rings (SSSR count). The molecule has 3 aromatic rings. The quantitative estimate of drug-likeness (QED) is 0.266. The SMILES string of the molecule is C/C=C\C(=NC(=CCCC)c1cccc(C(=O)NC2CCNCC2)c1)Nc1ccc2[nH]ncc2c1. The second-order valence-electron chi connectivity index (χ2n) is 8.75. The minimum atomic E-state index is -0.0298. The van der Waals surface area contributed by atoms with Crippen molar-refractivity contribution in [2.24, 2.45) is 4.99 Å². The van der Waals surface area contributed by atoms with Gasteiger partial charge in [-0.05, 0) is 75.7 Å². The summed E-state index contributed by atoms with van der Waals surface area (Å²) in [5, 5.41) is 18.0. The lowest BCUT2D eigenvalue weighted by molar-refractivity contribution is 0.0929. The number of hydrogen-bond acceptors (Lipinski definition) is 4. The zero-order valence-electron chi connectivity index (χ0n) is 20.5. The van der Waals surface area contributed by atoms with E-state index < -0.39 is 0 Å². The van der Waals surface area contributed by atoms with E-state index in [1.165, 1.54) is 0 Å². The number of nitrogens with zero attached hydrogens (tertiary/aromatic N) is 2. The number of fused-ring (bicyclic) bond motifs is 1. The first kappa shape index (κ1) is 24.4. The van der Waals surface area contributed by atoms with Gasteiger partial charge in [0.25, 0.3) is 5.91 Å². The van der Waals surface area contributed by atoms with Crippen LogP contribution in [0.3, 0.4) is 0 Å². The minimum Gasteiger partial charge on any atom is -0.349 e. The van der Waals surface area contributed by atoms with Gasteiger partial charge in [0.15, 0.2) is 0 Å². The first-order chi connectivity index (χ1) is 17.2. The van der Waals surface area contributed by atoms with Crippen molar-refractivity contribution in [3.8, 4) is 0 Å². The van der Waals surface area contributed by atoms with Crippen LogP contribution in [0.15, 0.2) is 71.9 Å². The molecule has 2 heterocycles. The number of aromatic nitrogens is 2. The summed E-state index contributed by atoms with van der Waals surface area (Å²) >= 11 is 0. The molecule has 0 aliphatic carbocycles. The lowest BCUT2D eigenvalue weighted by atomic mass is 10.0. The lowest BCUT2D eigenvalue weighted by Gasteiger charge is -2.23. The molecule has 2 aromatic carbocycles. The average molecular weight is 471 g/mol. The van der Waals surface area contributed by atoms with Gasteiger partial charge in [-0.1, -0.05) is 37.6 Å². The van der Waals surface area contributed by atoms with Gasteiger partial charge in [0.2, 0.25) is 0 Å². The van der Waals surface area contributed by atoms with Crippen LogP contribution in [0.25, 0.3) is 16.6 Å². The Hall–Kier alpha value is -3.71. The highest BCUT2D eigenvalue weighted by Gasteiger charge is 2.17. The molecule has 1 fully saturated rings. The molecule has 182 valence electrons. The van der Waals surface area contributed by atoms with Crippen LogP contribution in [-0.4, -0.2) is 41.1 Å². The van der Waals surface area contributed by atoms with Crippen molar-refractivity contribution >= 4 is 34.0 Å². The van der Waals surface area contributed by atoms with Crippen molar-refractivity contribution in [2.75, 3.05) is 18.4 Å². The maximum atomic E-state index is 12.9. The number of amides is 1. The molecule has 0 bridgehead atoms. The number of anilines is 1. The van der Waals surface area contributed by atoms with E-state index in [0.29, 0.717) is 5.56 Å². The molecule has 0 unspecified atom stereocenters. The van der Waals surface area contributed by atoms with E-state index in [0.717, 1.165) is 72.5 Å². The average Bonchev–Trinajstić information content (AvgIpc) is 3.35. The third-order valence-electron chi connectivity index (χ3n) is 6.00. The number of nitrogens with one attached hydrogen (secondary N) is 4. The summed E-state index contributed by atoms with van der Waals surface area (Å²) in [5.41, 5.74) is 4.34. The van der Waals surface area contributed by atoms with Gasteiger partial charge < -0.3 is 16.0 Å². The summed E-state index contributed by atoms with van der Waals surface area (Å²) in [6.45, 7) is 6.00. The van der Waals surface area contributed by atoms with Crippen LogP contribution in [0.5, 0.6) is 0 Å². The summed E-state index contributed by atoms with van der Waals surface area (Å²) in [6, 6.07) is 14.0. The molecule has 1 aliphatic rings. The lowest BCUT2D eigenvalue weighted by Crippen LogP contribution is -2.42. The van der Waals surface area contributed by atoms with E-state index in [-0.39, 0.29) is 11.9 Å². The maximum Gasteiger partial charge on any atom is 0.251 e. The van der Waals surface area contributed by atoms with Gasteiger partial charge >= 0.3 is 0 Å². The first-order valence-corrected chi connectivity index (χ1v) is 12.4. The third kappa shape index (κ3) is 6.67. The number of piperidine rings is 1. The third-order valence-corrected chi connectivity index (χ3v) is 6.00. The van der Waals surface area contributed by atoms with Gasteiger partial charge in [-0.2, -0.15) is 5.10 Å². The number of benzene rings is 2. The van der Waals surface area contributed by atoms with E-state index in [1.807, 2.05) is 61.5 Å². The van der Waals surface area contributed by atoms with Gasteiger partial charge in [0.1, 0.15) is 5.84 Å². The highest BCUT2D eigenvalue weighted by Crippen LogP contribution is 2.22. The smallest absolute Gasteiger partial charge is 0.251 e. The summed E-state index contributed by atoms with van der Waals surface area (Å²) in [5.74, 6) is 0.694. The number of aromatic amines is 1. The molecule has 7 heteroatoms. The predicted octanol–water partition coefficient (Wildman–Crippen LogP) is 5.27. The van der Waals surface area contributed by atoms with Crippen LogP contribution in [-0.2, 0) is 0 Å². The number of allylic oxidation sites excluding steroid dienone is 2. The molecule has 4 N–H and O–H groups in total. The Labute approximate surface area is 206 Å². The molecule has 0 saturated carbocycles. The summed E-state index contributed by atoms with van der Waals surface area (Å²) in [7, 11) is 0. The normalized spacial score (nSPS) is 15.6. The topological polar surface area (TPSA) is 94.2 Å². The fourth-order valence-corrected chi connectivity index (χ4v) is 4.13. The van der Waals surface area contributed by atoms with Crippen LogP contribution in [0.2, 0.25) is 0 Å². The fourth-order valence-electron chi connectivity index (χ4n) is 4.13. The summed E-state index contributed by atoms with van der Waals surface area (Å²) < 4.78 is 0. The summed E-state index contributed by atoms with van der Waals surface area (Å²) in [4.78, 5) is 17.9. The Balaban J connectivity index is 1.59. The molecule has 0 radical (unpaired) electrons. The van der Waals surface area contributed by atoms with Crippen LogP contribution < -0.4 is 16.0 Å².